The Hall–Kier alpha value is -1.04. The molecular weight excluding hydrogens is 216 g/mol. The summed E-state index contributed by atoms with van der Waals surface area (Å²) in [4.78, 5) is 0. The molecule has 90 valence electrons. The molecule has 0 saturated carbocycles. The van der Waals surface area contributed by atoms with Crippen molar-refractivity contribution >= 4 is 0 Å². The summed E-state index contributed by atoms with van der Waals surface area (Å²) in [6.45, 7) is 1.37. The number of nitrogens with one attached hydrogen (secondary N) is 1. The van der Waals surface area contributed by atoms with Crippen molar-refractivity contribution in [1.29, 1.82) is 0 Å². The average molecular weight is 231 g/mol. The Balaban J connectivity index is 2.49. The molecule has 16 heavy (non-hydrogen) atoms. The van der Waals surface area contributed by atoms with Gasteiger partial charge in [0.15, 0.2) is 0 Å². The minimum Gasteiger partial charge on any atom is -0.393 e. The van der Waals surface area contributed by atoms with Gasteiger partial charge in [-0.1, -0.05) is 6.07 Å². The van der Waals surface area contributed by atoms with E-state index in [0.29, 0.717) is 5.56 Å². The lowest BCUT2D eigenvalue weighted by Crippen LogP contribution is -2.40. The van der Waals surface area contributed by atoms with Gasteiger partial charge in [0.1, 0.15) is 11.6 Å². The zero-order chi connectivity index (χ0) is 12.2. The summed E-state index contributed by atoms with van der Waals surface area (Å²) in [6, 6.07) is 3.32. The van der Waals surface area contributed by atoms with Crippen LogP contribution in [0.15, 0.2) is 18.2 Å². The first-order valence-electron chi connectivity index (χ1n) is 4.92. The van der Waals surface area contributed by atoms with Crippen molar-refractivity contribution in [3.05, 3.63) is 35.4 Å². The molecule has 0 amide bonds. The number of halogens is 2. The molecule has 0 aliphatic heterocycles. The highest BCUT2D eigenvalue weighted by molar-refractivity contribution is 5.18. The minimum atomic E-state index is -1.24. The molecule has 0 aliphatic rings. The van der Waals surface area contributed by atoms with Gasteiger partial charge in [-0.05, 0) is 13.0 Å². The van der Waals surface area contributed by atoms with Crippen molar-refractivity contribution in [1.82, 2.24) is 5.32 Å². The molecule has 5 heteroatoms. The number of benzene rings is 1. The van der Waals surface area contributed by atoms with Gasteiger partial charge in [0.2, 0.25) is 0 Å². The maximum absolute atomic E-state index is 13.2. The van der Waals surface area contributed by atoms with E-state index in [-0.39, 0.29) is 19.7 Å². The van der Waals surface area contributed by atoms with Crippen LogP contribution in [0.5, 0.6) is 0 Å². The van der Waals surface area contributed by atoms with Gasteiger partial charge in [-0.2, -0.15) is 0 Å². The van der Waals surface area contributed by atoms with Crippen molar-refractivity contribution < 1.29 is 19.0 Å². The normalized spacial score (nSPS) is 14.8. The third kappa shape index (κ3) is 3.84. The van der Waals surface area contributed by atoms with Gasteiger partial charge >= 0.3 is 0 Å². The van der Waals surface area contributed by atoms with Crippen LogP contribution in [-0.4, -0.2) is 29.0 Å². The van der Waals surface area contributed by atoms with E-state index in [1.165, 1.54) is 19.1 Å². The number of aliphatic hydroxyl groups is 2. The second-order valence-electron chi connectivity index (χ2n) is 3.99. The van der Waals surface area contributed by atoms with E-state index in [9.17, 15) is 13.9 Å². The maximum atomic E-state index is 13.2. The molecule has 0 aliphatic carbocycles. The maximum Gasteiger partial charge on any atom is 0.130 e. The van der Waals surface area contributed by atoms with Gasteiger partial charge in [-0.25, -0.2) is 8.78 Å². The molecule has 1 atom stereocenters. The van der Waals surface area contributed by atoms with Crippen LogP contribution in [0, 0.1) is 11.6 Å². The highest BCUT2D eigenvalue weighted by Crippen LogP contribution is 2.09. The van der Waals surface area contributed by atoms with Crippen molar-refractivity contribution in [3.63, 3.8) is 0 Å². The molecule has 1 aromatic carbocycles. The minimum absolute atomic E-state index is 0.125. The fourth-order valence-electron chi connectivity index (χ4n) is 1.19. The van der Waals surface area contributed by atoms with Crippen molar-refractivity contribution in [2.45, 2.75) is 19.1 Å². The van der Waals surface area contributed by atoms with Crippen LogP contribution in [-0.2, 0) is 6.54 Å². The van der Waals surface area contributed by atoms with E-state index in [4.69, 9.17) is 5.11 Å². The second-order valence-corrected chi connectivity index (χ2v) is 3.99. The SMILES string of the molecule is CC(O)(CO)CNCc1ccc(F)cc1F. The lowest BCUT2D eigenvalue weighted by Gasteiger charge is -2.20. The molecular formula is C11H15F2NO2. The van der Waals surface area contributed by atoms with Crippen LogP contribution in [0.3, 0.4) is 0 Å². The van der Waals surface area contributed by atoms with E-state index in [2.05, 4.69) is 5.32 Å². The van der Waals surface area contributed by atoms with Crippen molar-refractivity contribution in [2.75, 3.05) is 13.2 Å². The van der Waals surface area contributed by atoms with Crippen molar-refractivity contribution in [3.8, 4) is 0 Å². The molecule has 1 aromatic rings. The molecule has 3 nitrogen and oxygen atoms in total. The molecule has 1 rings (SSSR count). The first kappa shape index (κ1) is 13.0. The molecule has 3 N–H and O–H groups in total. The predicted octanol–water partition coefficient (Wildman–Crippen LogP) is 0.798. The topological polar surface area (TPSA) is 52.5 Å². The average Bonchev–Trinajstić information content (AvgIpc) is 2.21. The third-order valence-electron chi connectivity index (χ3n) is 2.18. The van der Waals surface area contributed by atoms with Crippen LogP contribution in [0.4, 0.5) is 8.78 Å². The smallest absolute Gasteiger partial charge is 0.130 e. The van der Waals surface area contributed by atoms with Crippen molar-refractivity contribution in [2.24, 2.45) is 0 Å². The molecule has 0 heterocycles. The zero-order valence-electron chi connectivity index (χ0n) is 9.00. The van der Waals surface area contributed by atoms with Gasteiger partial charge in [0.05, 0.1) is 12.2 Å². The Labute approximate surface area is 92.7 Å². The molecule has 0 saturated heterocycles. The Morgan fingerprint density at radius 1 is 1.38 bits per heavy atom. The van der Waals surface area contributed by atoms with E-state index in [0.717, 1.165) is 6.07 Å². The van der Waals surface area contributed by atoms with Crippen LogP contribution in [0.1, 0.15) is 12.5 Å². The second kappa shape index (κ2) is 5.34. The number of hydrogen-bond acceptors (Lipinski definition) is 3. The van der Waals surface area contributed by atoms with Crippen LogP contribution < -0.4 is 5.32 Å². The number of rotatable bonds is 5. The number of aliphatic hydroxyl groups excluding tert-OH is 1. The van der Waals surface area contributed by atoms with Crippen LogP contribution >= 0.6 is 0 Å². The summed E-state index contributed by atoms with van der Waals surface area (Å²) in [5.74, 6) is -1.25. The third-order valence-corrected chi connectivity index (χ3v) is 2.18. The zero-order valence-corrected chi connectivity index (χ0v) is 9.00. The van der Waals surface area contributed by atoms with Crippen LogP contribution in [0.25, 0.3) is 0 Å². The quantitative estimate of drug-likeness (QED) is 0.702. The summed E-state index contributed by atoms with van der Waals surface area (Å²) in [6.07, 6.45) is 0. The highest BCUT2D eigenvalue weighted by atomic mass is 19.1. The Morgan fingerprint density at radius 3 is 2.62 bits per heavy atom. The standard InChI is InChI=1S/C11H15F2NO2/c1-11(16,7-15)6-14-5-8-2-3-9(12)4-10(8)13/h2-4,14-16H,5-7H2,1H3. The number of hydrogen-bond donors (Lipinski definition) is 3. The summed E-state index contributed by atoms with van der Waals surface area (Å²) in [5, 5.41) is 21.0. The van der Waals surface area contributed by atoms with Gasteiger partial charge in [0.25, 0.3) is 0 Å². The molecule has 1 unspecified atom stereocenters. The largest absolute Gasteiger partial charge is 0.393 e. The summed E-state index contributed by atoms with van der Waals surface area (Å²) >= 11 is 0. The molecule has 0 spiro atoms. The highest BCUT2D eigenvalue weighted by Gasteiger charge is 2.18. The predicted molar refractivity (Wildman–Crippen MR) is 55.8 cm³/mol. The fraction of sp³-hybridized carbons (Fsp3) is 0.455. The lowest BCUT2D eigenvalue weighted by atomic mass is 10.1. The van der Waals surface area contributed by atoms with Gasteiger partial charge in [-0.3, -0.25) is 0 Å². The van der Waals surface area contributed by atoms with E-state index in [1.54, 1.807) is 0 Å². The van der Waals surface area contributed by atoms with E-state index >= 15 is 0 Å². The molecule has 0 aromatic heterocycles. The Morgan fingerprint density at radius 2 is 2.06 bits per heavy atom. The summed E-state index contributed by atoms with van der Waals surface area (Å²) < 4.78 is 25.7. The molecule has 0 fully saturated rings. The first-order valence-corrected chi connectivity index (χ1v) is 4.92. The fourth-order valence-corrected chi connectivity index (χ4v) is 1.19. The van der Waals surface area contributed by atoms with Crippen LogP contribution in [0.2, 0.25) is 0 Å². The summed E-state index contributed by atoms with van der Waals surface area (Å²) in [7, 11) is 0. The Kier molecular flexibility index (Phi) is 4.35. The Bertz CT molecular complexity index is 356. The monoisotopic (exact) mass is 231 g/mol. The van der Waals surface area contributed by atoms with Gasteiger partial charge in [-0.15, -0.1) is 0 Å². The lowest BCUT2D eigenvalue weighted by molar-refractivity contribution is 0.00249. The van der Waals surface area contributed by atoms with Gasteiger partial charge < -0.3 is 15.5 Å². The van der Waals surface area contributed by atoms with E-state index < -0.39 is 17.2 Å². The molecule has 0 radical (unpaired) electrons. The first-order chi connectivity index (χ1) is 7.44. The summed E-state index contributed by atoms with van der Waals surface area (Å²) in [5.41, 5.74) is -0.925. The van der Waals surface area contributed by atoms with E-state index in [1.807, 2.05) is 0 Å². The molecule has 0 bridgehead atoms. The van der Waals surface area contributed by atoms with Gasteiger partial charge in [0, 0.05) is 24.7 Å².